The highest BCUT2D eigenvalue weighted by Gasteiger charge is 1.98. The zero-order chi connectivity index (χ0) is 9.52. The average Bonchev–Trinajstić information content (AvgIpc) is 2.16. The van der Waals surface area contributed by atoms with Crippen LogP contribution in [0.25, 0.3) is 0 Å². The predicted molar refractivity (Wildman–Crippen MR) is 59.0 cm³/mol. The summed E-state index contributed by atoms with van der Waals surface area (Å²) in [5.74, 6) is 0. The van der Waals surface area contributed by atoms with Crippen LogP contribution in [0.2, 0.25) is 0 Å². The molecule has 0 atom stereocenters. The van der Waals surface area contributed by atoms with E-state index in [0.717, 1.165) is 18.4 Å². The van der Waals surface area contributed by atoms with E-state index in [-0.39, 0.29) is 0 Å². The van der Waals surface area contributed by atoms with Gasteiger partial charge in [-0.1, -0.05) is 15.9 Å². The number of alkyl halides is 1. The monoisotopic (exact) mass is 242 g/mol. The predicted octanol–water partition coefficient (Wildman–Crippen LogP) is 2.30. The molecule has 2 nitrogen and oxygen atoms in total. The van der Waals surface area contributed by atoms with Crippen molar-refractivity contribution < 1.29 is 0 Å². The van der Waals surface area contributed by atoms with Crippen LogP contribution in [0.4, 0.5) is 0 Å². The van der Waals surface area contributed by atoms with Crippen molar-refractivity contribution in [3.63, 3.8) is 0 Å². The van der Waals surface area contributed by atoms with Crippen molar-refractivity contribution >= 4 is 15.9 Å². The first-order valence-electron chi connectivity index (χ1n) is 4.46. The van der Waals surface area contributed by atoms with Crippen molar-refractivity contribution in [3.8, 4) is 0 Å². The van der Waals surface area contributed by atoms with Gasteiger partial charge in [-0.05, 0) is 37.7 Å². The Labute approximate surface area is 88.1 Å². The number of rotatable bonds is 5. The second-order valence-corrected chi connectivity index (χ2v) is 3.93. The molecule has 72 valence electrons. The first kappa shape index (κ1) is 10.7. The van der Waals surface area contributed by atoms with Gasteiger partial charge in [0.15, 0.2) is 0 Å². The quantitative estimate of drug-likeness (QED) is 0.737. The number of aromatic nitrogens is 1. The lowest BCUT2D eigenvalue weighted by molar-refractivity contribution is 0.329. The van der Waals surface area contributed by atoms with Gasteiger partial charge in [-0.25, -0.2) is 0 Å². The molecule has 0 aliphatic rings. The molecule has 0 aliphatic carbocycles. The Kier molecular flexibility index (Phi) is 5.01. The van der Waals surface area contributed by atoms with E-state index in [1.54, 1.807) is 0 Å². The van der Waals surface area contributed by atoms with Crippen LogP contribution in [0.1, 0.15) is 12.0 Å². The van der Waals surface area contributed by atoms with E-state index in [1.807, 2.05) is 12.4 Å². The topological polar surface area (TPSA) is 16.1 Å². The minimum atomic E-state index is 1.01. The fourth-order valence-electron chi connectivity index (χ4n) is 1.21. The molecule has 1 rings (SSSR count). The van der Waals surface area contributed by atoms with Crippen LogP contribution in [0.3, 0.4) is 0 Å². The summed E-state index contributed by atoms with van der Waals surface area (Å²) >= 11 is 3.43. The van der Waals surface area contributed by atoms with Gasteiger partial charge in [-0.2, -0.15) is 0 Å². The van der Waals surface area contributed by atoms with E-state index in [1.165, 1.54) is 12.0 Å². The third-order valence-electron chi connectivity index (χ3n) is 1.88. The molecule has 0 saturated heterocycles. The van der Waals surface area contributed by atoms with Crippen molar-refractivity contribution in [1.29, 1.82) is 0 Å². The Balaban J connectivity index is 2.32. The maximum absolute atomic E-state index is 3.99. The minimum absolute atomic E-state index is 1.01. The molecule has 1 aromatic rings. The Morgan fingerprint density at radius 2 is 2.08 bits per heavy atom. The molecule has 1 aromatic heterocycles. The van der Waals surface area contributed by atoms with Gasteiger partial charge < -0.3 is 4.90 Å². The molecule has 0 spiro atoms. The molecular formula is C10H15BrN2. The van der Waals surface area contributed by atoms with Gasteiger partial charge in [0, 0.05) is 24.3 Å². The molecule has 0 fully saturated rings. The molecule has 3 heteroatoms. The van der Waals surface area contributed by atoms with Gasteiger partial charge in [0.2, 0.25) is 0 Å². The van der Waals surface area contributed by atoms with E-state index in [2.05, 4.69) is 45.0 Å². The van der Waals surface area contributed by atoms with Gasteiger partial charge in [-0.15, -0.1) is 0 Å². The lowest BCUT2D eigenvalue weighted by Crippen LogP contribution is -2.19. The summed E-state index contributed by atoms with van der Waals surface area (Å²) in [6.45, 7) is 2.14. The molecular weight excluding hydrogens is 228 g/mol. The highest BCUT2D eigenvalue weighted by Crippen LogP contribution is 2.01. The highest BCUT2D eigenvalue weighted by molar-refractivity contribution is 9.09. The average molecular weight is 243 g/mol. The molecule has 1 heterocycles. The smallest absolute Gasteiger partial charge is 0.0271 e. The lowest BCUT2D eigenvalue weighted by Gasteiger charge is -2.15. The van der Waals surface area contributed by atoms with E-state index in [4.69, 9.17) is 0 Å². The zero-order valence-electron chi connectivity index (χ0n) is 7.91. The van der Waals surface area contributed by atoms with Crippen LogP contribution in [-0.2, 0) is 6.54 Å². The van der Waals surface area contributed by atoms with Crippen LogP contribution >= 0.6 is 15.9 Å². The Morgan fingerprint density at radius 1 is 1.38 bits per heavy atom. The van der Waals surface area contributed by atoms with E-state index >= 15 is 0 Å². The SMILES string of the molecule is CN(CCCBr)Cc1ccncc1. The van der Waals surface area contributed by atoms with Crippen LogP contribution in [0.5, 0.6) is 0 Å². The summed E-state index contributed by atoms with van der Waals surface area (Å²) in [7, 11) is 2.14. The fraction of sp³-hybridized carbons (Fsp3) is 0.500. The summed E-state index contributed by atoms with van der Waals surface area (Å²) in [5.41, 5.74) is 1.33. The molecule has 0 radical (unpaired) electrons. The molecule has 0 aliphatic heterocycles. The van der Waals surface area contributed by atoms with E-state index in [0.29, 0.717) is 0 Å². The summed E-state index contributed by atoms with van der Waals surface area (Å²) < 4.78 is 0. The second kappa shape index (κ2) is 6.11. The van der Waals surface area contributed by atoms with E-state index < -0.39 is 0 Å². The van der Waals surface area contributed by atoms with Gasteiger partial charge in [0.25, 0.3) is 0 Å². The number of pyridine rings is 1. The molecule has 0 aromatic carbocycles. The molecule has 0 saturated carbocycles. The first-order valence-corrected chi connectivity index (χ1v) is 5.58. The number of nitrogens with zero attached hydrogens (tertiary/aromatic N) is 2. The fourth-order valence-corrected chi connectivity index (χ4v) is 1.46. The largest absolute Gasteiger partial charge is 0.302 e. The normalized spacial score (nSPS) is 10.7. The molecule has 13 heavy (non-hydrogen) atoms. The summed E-state index contributed by atoms with van der Waals surface area (Å²) in [5, 5.41) is 1.08. The second-order valence-electron chi connectivity index (χ2n) is 3.14. The maximum Gasteiger partial charge on any atom is 0.0271 e. The Bertz CT molecular complexity index is 226. The zero-order valence-corrected chi connectivity index (χ0v) is 9.50. The Hall–Kier alpha value is -0.410. The van der Waals surface area contributed by atoms with Gasteiger partial charge in [0.05, 0.1) is 0 Å². The molecule has 0 N–H and O–H groups in total. The first-order chi connectivity index (χ1) is 6.33. The van der Waals surface area contributed by atoms with Gasteiger partial charge in [0.1, 0.15) is 0 Å². The van der Waals surface area contributed by atoms with Crippen molar-refractivity contribution in [2.45, 2.75) is 13.0 Å². The van der Waals surface area contributed by atoms with Gasteiger partial charge in [-0.3, -0.25) is 4.98 Å². The lowest BCUT2D eigenvalue weighted by atomic mass is 10.2. The van der Waals surface area contributed by atoms with Crippen LogP contribution in [0.15, 0.2) is 24.5 Å². The summed E-state index contributed by atoms with van der Waals surface area (Å²) in [6.07, 6.45) is 4.88. The van der Waals surface area contributed by atoms with Gasteiger partial charge >= 0.3 is 0 Å². The van der Waals surface area contributed by atoms with Crippen LogP contribution in [0, 0.1) is 0 Å². The number of hydrogen-bond acceptors (Lipinski definition) is 2. The van der Waals surface area contributed by atoms with Crippen molar-refractivity contribution in [2.24, 2.45) is 0 Å². The third kappa shape index (κ3) is 4.39. The minimum Gasteiger partial charge on any atom is -0.302 e. The highest BCUT2D eigenvalue weighted by atomic mass is 79.9. The van der Waals surface area contributed by atoms with Crippen LogP contribution < -0.4 is 0 Å². The van der Waals surface area contributed by atoms with Crippen molar-refractivity contribution in [2.75, 3.05) is 18.9 Å². The molecule has 0 unspecified atom stereocenters. The van der Waals surface area contributed by atoms with Crippen LogP contribution in [-0.4, -0.2) is 28.8 Å². The Morgan fingerprint density at radius 3 is 2.69 bits per heavy atom. The maximum atomic E-state index is 3.99. The van der Waals surface area contributed by atoms with Crippen molar-refractivity contribution in [1.82, 2.24) is 9.88 Å². The summed E-state index contributed by atoms with van der Waals surface area (Å²) in [6, 6.07) is 4.12. The summed E-state index contributed by atoms with van der Waals surface area (Å²) in [4.78, 5) is 6.30. The van der Waals surface area contributed by atoms with Crippen molar-refractivity contribution in [3.05, 3.63) is 30.1 Å². The number of halogens is 1. The van der Waals surface area contributed by atoms with E-state index in [9.17, 15) is 0 Å². The molecule has 0 bridgehead atoms. The molecule has 0 amide bonds. The third-order valence-corrected chi connectivity index (χ3v) is 2.44. The standard InChI is InChI=1S/C10H15BrN2/c1-13(8-2-5-11)9-10-3-6-12-7-4-10/h3-4,6-7H,2,5,8-9H2,1H3. The number of hydrogen-bond donors (Lipinski definition) is 0.